The smallest absolute Gasteiger partial charge is 0.101 e. The van der Waals surface area contributed by atoms with Gasteiger partial charge in [-0.25, -0.2) is 0 Å². The molecule has 0 spiro atoms. The Morgan fingerprint density at radius 2 is 2.08 bits per heavy atom. The third-order valence-corrected chi connectivity index (χ3v) is 2.35. The van der Waals surface area contributed by atoms with E-state index < -0.39 is 0 Å². The van der Waals surface area contributed by atoms with Gasteiger partial charge in [0.15, 0.2) is 0 Å². The largest absolute Gasteiger partial charge is 0.398 e. The molecule has 0 fully saturated rings. The molecule has 1 aromatic carbocycles. The van der Waals surface area contributed by atoms with E-state index in [0.29, 0.717) is 11.3 Å². The van der Waals surface area contributed by atoms with Gasteiger partial charge < -0.3 is 5.73 Å². The molecule has 64 valence electrons. The standard InChI is InChI=1S/C9H6BrN3/c10-8-4-9(13)7(5-12)3-6(8)1-2-11/h3-4H,1,13H2. The molecule has 0 atom stereocenters. The zero-order valence-electron chi connectivity index (χ0n) is 6.71. The highest BCUT2D eigenvalue weighted by Crippen LogP contribution is 2.23. The summed E-state index contributed by atoms with van der Waals surface area (Å²) in [6, 6.07) is 7.25. The number of nitrogens with two attached hydrogens (primary N) is 1. The molecule has 0 aliphatic carbocycles. The van der Waals surface area contributed by atoms with Gasteiger partial charge in [0, 0.05) is 4.47 Å². The third kappa shape index (κ3) is 1.99. The van der Waals surface area contributed by atoms with E-state index in [0.717, 1.165) is 10.0 Å². The van der Waals surface area contributed by atoms with Gasteiger partial charge in [-0.1, -0.05) is 15.9 Å². The summed E-state index contributed by atoms with van der Waals surface area (Å²) in [4.78, 5) is 0. The van der Waals surface area contributed by atoms with Crippen LogP contribution in [-0.2, 0) is 6.42 Å². The number of nitrogen functional groups attached to an aromatic ring is 1. The lowest BCUT2D eigenvalue weighted by Crippen LogP contribution is -1.93. The molecular formula is C9H6BrN3. The summed E-state index contributed by atoms with van der Waals surface area (Å²) >= 11 is 3.27. The van der Waals surface area contributed by atoms with Crippen LogP contribution in [0, 0.1) is 22.7 Å². The predicted octanol–water partition coefficient (Wildman–Crippen LogP) is 1.97. The normalized spacial score (nSPS) is 8.85. The van der Waals surface area contributed by atoms with Crippen molar-refractivity contribution < 1.29 is 0 Å². The molecule has 0 aliphatic rings. The maximum absolute atomic E-state index is 8.67. The Kier molecular flexibility index (Phi) is 2.89. The molecular weight excluding hydrogens is 230 g/mol. The highest BCUT2D eigenvalue weighted by Gasteiger charge is 2.04. The maximum Gasteiger partial charge on any atom is 0.101 e. The van der Waals surface area contributed by atoms with Crippen molar-refractivity contribution in [1.82, 2.24) is 0 Å². The van der Waals surface area contributed by atoms with Gasteiger partial charge in [-0.3, -0.25) is 0 Å². The fraction of sp³-hybridized carbons (Fsp3) is 0.111. The minimum absolute atomic E-state index is 0.273. The Labute approximate surface area is 84.5 Å². The van der Waals surface area contributed by atoms with Gasteiger partial charge in [-0.05, 0) is 17.7 Å². The van der Waals surface area contributed by atoms with Gasteiger partial charge in [-0.2, -0.15) is 10.5 Å². The second kappa shape index (κ2) is 3.93. The first-order chi connectivity index (χ1) is 6.19. The predicted molar refractivity (Wildman–Crippen MR) is 52.6 cm³/mol. The highest BCUT2D eigenvalue weighted by molar-refractivity contribution is 9.10. The number of rotatable bonds is 1. The average Bonchev–Trinajstić information content (AvgIpc) is 2.10. The van der Waals surface area contributed by atoms with Crippen LogP contribution in [0.4, 0.5) is 5.69 Å². The van der Waals surface area contributed by atoms with Crippen molar-refractivity contribution in [3.63, 3.8) is 0 Å². The Bertz CT molecular complexity index is 412. The van der Waals surface area contributed by atoms with Crippen LogP contribution in [0.1, 0.15) is 11.1 Å². The lowest BCUT2D eigenvalue weighted by Gasteiger charge is -2.02. The van der Waals surface area contributed by atoms with Crippen LogP contribution in [0.3, 0.4) is 0 Å². The summed E-state index contributed by atoms with van der Waals surface area (Å²) in [7, 11) is 0. The van der Waals surface area contributed by atoms with Crippen molar-refractivity contribution in [2.24, 2.45) is 0 Å². The Balaban J connectivity index is 3.26. The Morgan fingerprint density at radius 3 is 2.62 bits per heavy atom. The SMILES string of the molecule is N#CCc1cc(C#N)c(N)cc1Br. The van der Waals surface area contributed by atoms with Crippen molar-refractivity contribution in [1.29, 1.82) is 10.5 Å². The number of benzene rings is 1. The molecule has 0 unspecified atom stereocenters. The molecule has 4 heteroatoms. The summed E-state index contributed by atoms with van der Waals surface area (Å²) in [5.74, 6) is 0. The summed E-state index contributed by atoms with van der Waals surface area (Å²) in [6.45, 7) is 0. The highest BCUT2D eigenvalue weighted by atomic mass is 79.9. The number of hydrogen-bond donors (Lipinski definition) is 1. The van der Waals surface area contributed by atoms with Crippen molar-refractivity contribution in [3.05, 3.63) is 27.7 Å². The second-order valence-corrected chi connectivity index (χ2v) is 3.33. The van der Waals surface area contributed by atoms with Crippen molar-refractivity contribution in [3.8, 4) is 12.1 Å². The van der Waals surface area contributed by atoms with Gasteiger partial charge in [-0.15, -0.1) is 0 Å². The second-order valence-electron chi connectivity index (χ2n) is 2.48. The van der Waals surface area contributed by atoms with E-state index in [1.807, 2.05) is 12.1 Å². The minimum atomic E-state index is 0.273. The third-order valence-electron chi connectivity index (χ3n) is 1.61. The first-order valence-corrected chi connectivity index (χ1v) is 4.33. The van der Waals surface area contributed by atoms with Crippen molar-refractivity contribution >= 4 is 21.6 Å². The monoisotopic (exact) mass is 235 g/mol. The Morgan fingerprint density at radius 1 is 1.38 bits per heavy atom. The molecule has 0 saturated carbocycles. The maximum atomic E-state index is 8.67. The fourth-order valence-corrected chi connectivity index (χ4v) is 1.45. The van der Waals surface area contributed by atoms with Gasteiger partial charge >= 0.3 is 0 Å². The lowest BCUT2D eigenvalue weighted by atomic mass is 10.1. The van der Waals surface area contributed by atoms with Crippen LogP contribution in [0.15, 0.2) is 16.6 Å². The average molecular weight is 236 g/mol. The topological polar surface area (TPSA) is 73.6 Å². The number of hydrogen-bond acceptors (Lipinski definition) is 3. The van der Waals surface area contributed by atoms with E-state index in [1.165, 1.54) is 0 Å². The van der Waals surface area contributed by atoms with Gasteiger partial charge in [0.1, 0.15) is 6.07 Å². The fourth-order valence-electron chi connectivity index (χ4n) is 0.951. The molecule has 0 saturated heterocycles. The van der Waals surface area contributed by atoms with Gasteiger partial charge in [0.2, 0.25) is 0 Å². The van der Waals surface area contributed by atoms with Crippen LogP contribution in [0.2, 0.25) is 0 Å². The zero-order valence-corrected chi connectivity index (χ0v) is 8.30. The minimum Gasteiger partial charge on any atom is -0.398 e. The first kappa shape index (κ1) is 9.57. The van der Waals surface area contributed by atoms with E-state index in [1.54, 1.807) is 12.1 Å². The van der Waals surface area contributed by atoms with Crippen LogP contribution in [0.5, 0.6) is 0 Å². The summed E-state index contributed by atoms with van der Waals surface area (Å²) in [5, 5.41) is 17.2. The molecule has 1 aromatic rings. The van der Waals surface area contributed by atoms with E-state index in [2.05, 4.69) is 15.9 Å². The zero-order chi connectivity index (χ0) is 9.84. The van der Waals surface area contributed by atoms with Gasteiger partial charge in [0.05, 0.1) is 23.7 Å². The summed E-state index contributed by atoms with van der Waals surface area (Å²) < 4.78 is 0.769. The molecule has 1 rings (SSSR count). The number of nitriles is 2. The van der Waals surface area contributed by atoms with E-state index >= 15 is 0 Å². The molecule has 0 aromatic heterocycles. The Hall–Kier alpha value is -1.52. The molecule has 0 amide bonds. The molecule has 13 heavy (non-hydrogen) atoms. The molecule has 0 bridgehead atoms. The first-order valence-electron chi connectivity index (χ1n) is 3.54. The van der Waals surface area contributed by atoms with Crippen LogP contribution in [0.25, 0.3) is 0 Å². The van der Waals surface area contributed by atoms with Crippen LogP contribution in [-0.4, -0.2) is 0 Å². The van der Waals surface area contributed by atoms with Crippen LogP contribution >= 0.6 is 15.9 Å². The molecule has 3 nitrogen and oxygen atoms in total. The molecule has 0 radical (unpaired) electrons. The summed E-state index contributed by atoms with van der Waals surface area (Å²) in [6.07, 6.45) is 0.273. The summed E-state index contributed by atoms with van der Waals surface area (Å²) in [5.41, 5.74) is 7.18. The van der Waals surface area contributed by atoms with Crippen molar-refractivity contribution in [2.45, 2.75) is 6.42 Å². The number of halogens is 1. The van der Waals surface area contributed by atoms with Crippen molar-refractivity contribution in [2.75, 3.05) is 5.73 Å². The quantitative estimate of drug-likeness (QED) is 0.757. The molecule has 0 heterocycles. The molecule has 0 aliphatic heterocycles. The van der Waals surface area contributed by atoms with E-state index in [9.17, 15) is 0 Å². The van der Waals surface area contributed by atoms with E-state index in [4.69, 9.17) is 16.3 Å². The lowest BCUT2D eigenvalue weighted by molar-refractivity contribution is 1.24. The van der Waals surface area contributed by atoms with E-state index in [-0.39, 0.29) is 6.42 Å². The van der Waals surface area contributed by atoms with Crippen LogP contribution < -0.4 is 5.73 Å². The number of nitrogens with zero attached hydrogens (tertiary/aromatic N) is 2. The number of anilines is 1. The van der Waals surface area contributed by atoms with Gasteiger partial charge in [0.25, 0.3) is 0 Å². The molecule has 2 N–H and O–H groups in total.